The van der Waals surface area contributed by atoms with Gasteiger partial charge in [0, 0.05) is 6.21 Å². The largest absolute Gasteiger partial charge is 0.260 e. The Balaban J connectivity index is 2.80. The lowest BCUT2D eigenvalue weighted by Crippen LogP contribution is -2.29. The summed E-state index contributed by atoms with van der Waals surface area (Å²) in [7, 11) is 0. The van der Waals surface area contributed by atoms with Gasteiger partial charge in [-0.2, -0.15) is 0 Å². The van der Waals surface area contributed by atoms with Crippen molar-refractivity contribution in [3.05, 3.63) is 29.8 Å². The third kappa shape index (κ3) is 2.82. The van der Waals surface area contributed by atoms with Crippen LogP contribution in [-0.4, -0.2) is 12.4 Å². The normalized spacial score (nSPS) is 10.5. The molecule has 0 radical (unpaired) electrons. The second-order valence-corrected chi connectivity index (χ2v) is 2.83. The smallest absolute Gasteiger partial charge is 0.169 e. The Hall–Kier alpha value is -1.44. The molecule has 0 aromatic heterocycles. The number of rotatable bonds is 4. The molecule has 1 aromatic carbocycles. The first kappa shape index (κ1) is 9.65. The zero-order chi connectivity index (χ0) is 9.52. The molecule has 0 saturated heterocycles. The van der Waals surface area contributed by atoms with Gasteiger partial charge in [-0.1, -0.05) is 25.5 Å². The van der Waals surface area contributed by atoms with Gasteiger partial charge in [-0.3, -0.25) is 10.4 Å². The van der Waals surface area contributed by atoms with Crippen molar-refractivity contribution in [2.24, 2.45) is 4.99 Å². The van der Waals surface area contributed by atoms with Crippen LogP contribution in [0.2, 0.25) is 0 Å². The van der Waals surface area contributed by atoms with Gasteiger partial charge >= 0.3 is 0 Å². The Morgan fingerprint density at radius 2 is 2.15 bits per heavy atom. The zero-order valence-corrected chi connectivity index (χ0v) is 7.90. The van der Waals surface area contributed by atoms with E-state index in [-0.39, 0.29) is 0 Å². The Bertz CT molecular complexity index is 303. The quantitative estimate of drug-likeness (QED) is 0.671. The summed E-state index contributed by atoms with van der Waals surface area (Å²) in [5.41, 5.74) is 1.92. The van der Waals surface area contributed by atoms with Gasteiger partial charge < -0.3 is 0 Å². The molecule has 2 heteroatoms. The Labute approximate surface area is 78.8 Å². The molecule has 0 atom stereocenters. The van der Waals surface area contributed by atoms with Gasteiger partial charge in [0.25, 0.3) is 0 Å². The molecule has 1 rings (SSSR count). The van der Waals surface area contributed by atoms with E-state index >= 15 is 0 Å². The van der Waals surface area contributed by atoms with Crippen LogP contribution in [0.25, 0.3) is 0 Å². The summed E-state index contributed by atoms with van der Waals surface area (Å²) in [5, 5.41) is 5.46. The minimum atomic E-state index is 0.943. The predicted octanol–water partition coefficient (Wildman–Crippen LogP) is 1.37. The monoisotopic (exact) mass is 175 g/mol. The molecule has 0 amide bonds. The lowest BCUT2D eigenvalue weighted by atomic mass is 10.2. The molecule has 0 heterocycles. The molecule has 0 unspecified atom stereocenters. The topological polar surface area (TPSA) is 38.0 Å². The lowest BCUT2D eigenvalue weighted by Gasteiger charge is -1.95. The summed E-state index contributed by atoms with van der Waals surface area (Å²) in [6.45, 7) is 2.13. The molecular weight excluding hydrogens is 160 g/mol. The van der Waals surface area contributed by atoms with Crippen molar-refractivity contribution in [2.45, 2.75) is 19.8 Å². The van der Waals surface area contributed by atoms with Crippen molar-refractivity contribution in [1.82, 2.24) is 0 Å². The van der Waals surface area contributed by atoms with E-state index in [1.165, 1.54) is 0 Å². The van der Waals surface area contributed by atoms with E-state index in [0.717, 1.165) is 24.1 Å². The highest BCUT2D eigenvalue weighted by atomic mass is 14.7. The molecule has 1 aromatic rings. The summed E-state index contributed by atoms with van der Waals surface area (Å²) in [4.78, 5) is 4.33. The van der Waals surface area contributed by atoms with E-state index in [4.69, 9.17) is 5.41 Å². The number of hydrogen-bond acceptors (Lipinski definition) is 1. The number of unbranched alkanes of at least 4 members (excludes halogenated alkanes) is 1. The van der Waals surface area contributed by atoms with Gasteiger partial charge in [-0.15, -0.1) is 0 Å². The molecule has 0 saturated carbocycles. The third-order valence-electron chi connectivity index (χ3n) is 1.76. The highest BCUT2D eigenvalue weighted by Crippen LogP contribution is 2.15. The molecular formula is C11H15N2+. The van der Waals surface area contributed by atoms with Crippen LogP contribution in [0.5, 0.6) is 0 Å². The van der Waals surface area contributed by atoms with Gasteiger partial charge in [0.2, 0.25) is 0 Å². The standard InChI is InChI=1S/C11H14N2/c1-2-3-8-13-11-7-5-4-6-10(11)9-12/h4-9,12H,2-3H2,1H3/p+1. The van der Waals surface area contributed by atoms with Crippen LogP contribution in [-0.2, 0) is 0 Å². The van der Waals surface area contributed by atoms with E-state index in [1.807, 2.05) is 30.5 Å². The Morgan fingerprint density at radius 1 is 1.38 bits per heavy atom. The fourth-order valence-corrected chi connectivity index (χ4v) is 1.04. The summed E-state index contributed by atoms with van der Waals surface area (Å²) >= 11 is 0. The van der Waals surface area contributed by atoms with Crippen molar-refractivity contribution in [1.29, 1.82) is 0 Å². The minimum Gasteiger partial charge on any atom is -0.260 e. The van der Waals surface area contributed by atoms with E-state index in [9.17, 15) is 0 Å². The van der Waals surface area contributed by atoms with Gasteiger partial charge in [-0.25, -0.2) is 0 Å². The van der Waals surface area contributed by atoms with Crippen LogP contribution in [0.1, 0.15) is 25.3 Å². The van der Waals surface area contributed by atoms with Crippen LogP contribution in [0.3, 0.4) is 0 Å². The first-order valence-electron chi connectivity index (χ1n) is 4.55. The molecule has 0 fully saturated rings. The lowest BCUT2D eigenvalue weighted by molar-refractivity contribution is -0.104. The number of nitrogens with zero attached hydrogens (tertiary/aromatic N) is 1. The van der Waals surface area contributed by atoms with E-state index in [1.54, 1.807) is 6.21 Å². The predicted molar refractivity (Wildman–Crippen MR) is 56.6 cm³/mol. The zero-order valence-electron chi connectivity index (χ0n) is 7.90. The average Bonchev–Trinajstić information content (AvgIpc) is 2.19. The SMILES string of the molecule is CCCC=Nc1ccccc1C=[NH2+]. The summed E-state index contributed by atoms with van der Waals surface area (Å²) in [6, 6.07) is 7.84. The maximum atomic E-state index is 5.46. The van der Waals surface area contributed by atoms with Crippen LogP contribution in [0.15, 0.2) is 29.3 Å². The molecule has 0 spiro atoms. The Morgan fingerprint density at radius 3 is 2.85 bits per heavy atom. The maximum absolute atomic E-state index is 5.46. The van der Waals surface area contributed by atoms with Crippen LogP contribution in [0, 0.1) is 0 Å². The summed E-state index contributed by atoms with van der Waals surface area (Å²) < 4.78 is 0. The molecule has 68 valence electrons. The van der Waals surface area contributed by atoms with Crippen molar-refractivity contribution in [2.75, 3.05) is 0 Å². The number of benzene rings is 1. The molecule has 13 heavy (non-hydrogen) atoms. The summed E-state index contributed by atoms with van der Waals surface area (Å²) in [5.74, 6) is 0. The molecule has 0 aliphatic rings. The second kappa shape index (κ2) is 5.25. The number of nitrogens with two attached hydrogens (primary N) is 1. The second-order valence-electron chi connectivity index (χ2n) is 2.83. The van der Waals surface area contributed by atoms with Gasteiger partial charge in [-0.05, 0) is 18.6 Å². The van der Waals surface area contributed by atoms with Gasteiger partial charge in [0.15, 0.2) is 6.21 Å². The average molecular weight is 175 g/mol. The van der Waals surface area contributed by atoms with Crippen molar-refractivity contribution in [3.63, 3.8) is 0 Å². The van der Waals surface area contributed by atoms with E-state index < -0.39 is 0 Å². The molecule has 0 aliphatic heterocycles. The fourth-order valence-electron chi connectivity index (χ4n) is 1.04. The molecule has 2 nitrogen and oxygen atoms in total. The van der Waals surface area contributed by atoms with Crippen LogP contribution < -0.4 is 5.41 Å². The van der Waals surface area contributed by atoms with Crippen molar-refractivity contribution < 1.29 is 5.41 Å². The fraction of sp³-hybridized carbons (Fsp3) is 0.273. The van der Waals surface area contributed by atoms with E-state index in [0.29, 0.717) is 0 Å². The first-order chi connectivity index (χ1) is 6.38. The molecule has 2 N–H and O–H groups in total. The maximum Gasteiger partial charge on any atom is 0.169 e. The Kier molecular flexibility index (Phi) is 3.89. The number of aliphatic imine (C=N–C) groups is 1. The van der Waals surface area contributed by atoms with E-state index in [2.05, 4.69) is 11.9 Å². The highest BCUT2D eigenvalue weighted by Gasteiger charge is 1.96. The molecule has 0 aliphatic carbocycles. The molecule has 0 bridgehead atoms. The van der Waals surface area contributed by atoms with Crippen molar-refractivity contribution in [3.8, 4) is 0 Å². The third-order valence-corrected chi connectivity index (χ3v) is 1.76. The van der Waals surface area contributed by atoms with Crippen LogP contribution in [0.4, 0.5) is 5.69 Å². The summed E-state index contributed by atoms with van der Waals surface area (Å²) in [6.07, 6.45) is 5.65. The first-order valence-corrected chi connectivity index (χ1v) is 4.55. The number of para-hydroxylation sites is 1. The van der Waals surface area contributed by atoms with Crippen LogP contribution >= 0.6 is 0 Å². The van der Waals surface area contributed by atoms with Gasteiger partial charge in [0.1, 0.15) is 0 Å². The van der Waals surface area contributed by atoms with Crippen molar-refractivity contribution >= 4 is 18.1 Å². The number of hydrogen-bond donors (Lipinski definition) is 1. The minimum absolute atomic E-state index is 0.943. The highest BCUT2D eigenvalue weighted by molar-refractivity contribution is 5.84. The van der Waals surface area contributed by atoms with Gasteiger partial charge in [0.05, 0.1) is 11.3 Å².